The molecule has 6 heteroatoms. The minimum absolute atomic E-state index is 0.171. The minimum atomic E-state index is -0.986. The van der Waals surface area contributed by atoms with Gasteiger partial charge < -0.3 is 10.4 Å². The number of carbonyl (C=O) groups excluding carboxylic acids is 1. The third kappa shape index (κ3) is 3.23. The number of amides is 1. The third-order valence-electron chi connectivity index (χ3n) is 2.55. The number of rotatable bonds is 4. The molecule has 1 atom stereocenters. The van der Waals surface area contributed by atoms with Crippen LogP contribution in [0.1, 0.15) is 32.2 Å². The van der Waals surface area contributed by atoms with E-state index in [1.54, 1.807) is 6.07 Å². The number of thioether (sulfide) groups is 1. The first-order valence-corrected chi connectivity index (χ1v) is 7.26. The van der Waals surface area contributed by atoms with Crippen LogP contribution in [0.3, 0.4) is 0 Å². The van der Waals surface area contributed by atoms with Crippen LogP contribution in [0.2, 0.25) is 0 Å². The highest BCUT2D eigenvalue weighted by molar-refractivity contribution is 8.00. The van der Waals surface area contributed by atoms with E-state index < -0.39 is 5.97 Å². The number of thiophene rings is 1. The molecule has 2 rings (SSSR count). The van der Waals surface area contributed by atoms with Gasteiger partial charge in [0.2, 0.25) is 0 Å². The molecule has 1 aromatic rings. The Morgan fingerprint density at radius 2 is 2.18 bits per heavy atom. The molecular weight excluding hydrogens is 258 g/mol. The molecule has 0 aromatic carbocycles. The Labute approximate surface area is 107 Å². The highest BCUT2D eigenvalue weighted by atomic mass is 32.2. The van der Waals surface area contributed by atoms with E-state index >= 15 is 0 Å². The van der Waals surface area contributed by atoms with Crippen LogP contribution in [0, 0.1) is 0 Å². The van der Waals surface area contributed by atoms with Crippen molar-refractivity contribution in [3.8, 4) is 0 Å². The molecular formula is C11H13NO3S2. The molecule has 17 heavy (non-hydrogen) atoms. The number of carboxylic acids is 1. The van der Waals surface area contributed by atoms with Crippen LogP contribution in [0.4, 0.5) is 0 Å². The molecule has 1 aliphatic rings. The van der Waals surface area contributed by atoms with Crippen LogP contribution in [0.25, 0.3) is 0 Å². The first-order chi connectivity index (χ1) is 8.16. The van der Waals surface area contributed by atoms with Crippen LogP contribution < -0.4 is 5.32 Å². The van der Waals surface area contributed by atoms with Crippen molar-refractivity contribution in [1.82, 2.24) is 5.32 Å². The first kappa shape index (κ1) is 12.4. The maximum atomic E-state index is 11.7. The van der Waals surface area contributed by atoms with Gasteiger partial charge in [-0.2, -0.15) is 11.8 Å². The molecule has 2 N–H and O–H groups in total. The molecule has 0 saturated carbocycles. The predicted octanol–water partition coefficient (Wildman–Crippen LogP) is 2.07. The molecule has 4 nitrogen and oxygen atoms in total. The number of carbonyl (C=O) groups is 2. The monoisotopic (exact) mass is 271 g/mol. The molecule has 1 aliphatic heterocycles. The zero-order chi connectivity index (χ0) is 12.3. The van der Waals surface area contributed by atoms with Crippen molar-refractivity contribution in [1.29, 1.82) is 0 Å². The molecule has 1 amide bonds. The van der Waals surface area contributed by atoms with Gasteiger partial charge in [0.15, 0.2) is 0 Å². The SMILES string of the molecule is O=C(O)c1ccc(C(=O)NC[C@@H]2CCCS2)s1. The second-order valence-electron chi connectivity index (χ2n) is 3.81. The lowest BCUT2D eigenvalue weighted by Gasteiger charge is -2.08. The molecule has 1 fully saturated rings. The van der Waals surface area contributed by atoms with Gasteiger partial charge in [0, 0.05) is 11.8 Å². The molecule has 0 spiro atoms. The van der Waals surface area contributed by atoms with Crippen molar-refractivity contribution < 1.29 is 14.7 Å². The lowest BCUT2D eigenvalue weighted by atomic mass is 10.2. The van der Waals surface area contributed by atoms with Gasteiger partial charge in [-0.3, -0.25) is 4.79 Å². The van der Waals surface area contributed by atoms with Crippen molar-refractivity contribution in [2.45, 2.75) is 18.1 Å². The number of aromatic carboxylic acids is 1. The molecule has 0 aliphatic carbocycles. The van der Waals surface area contributed by atoms with E-state index in [4.69, 9.17) is 5.11 Å². The summed E-state index contributed by atoms with van der Waals surface area (Å²) < 4.78 is 0. The van der Waals surface area contributed by atoms with Crippen molar-refractivity contribution in [3.05, 3.63) is 21.9 Å². The fourth-order valence-corrected chi connectivity index (χ4v) is 3.64. The zero-order valence-corrected chi connectivity index (χ0v) is 10.8. The summed E-state index contributed by atoms with van der Waals surface area (Å²) in [5.41, 5.74) is 0. The number of hydrogen-bond acceptors (Lipinski definition) is 4. The summed E-state index contributed by atoms with van der Waals surface area (Å²) in [6.45, 7) is 0.670. The van der Waals surface area contributed by atoms with Crippen molar-refractivity contribution in [3.63, 3.8) is 0 Å². The van der Waals surface area contributed by atoms with E-state index in [1.807, 2.05) is 11.8 Å². The van der Waals surface area contributed by atoms with Crippen LogP contribution in [0.15, 0.2) is 12.1 Å². The van der Waals surface area contributed by atoms with Gasteiger partial charge in [-0.15, -0.1) is 11.3 Å². The normalized spacial score (nSPS) is 19.2. The van der Waals surface area contributed by atoms with Gasteiger partial charge >= 0.3 is 5.97 Å². The highest BCUT2D eigenvalue weighted by Crippen LogP contribution is 2.25. The quantitative estimate of drug-likeness (QED) is 0.880. The van der Waals surface area contributed by atoms with Crippen LogP contribution in [-0.4, -0.2) is 34.5 Å². The molecule has 0 unspecified atom stereocenters. The summed E-state index contributed by atoms with van der Waals surface area (Å²) in [5.74, 6) is 0.0123. The van der Waals surface area contributed by atoms with Crippen molar-refractivity contribution in [2.75, 3.05) is 12.3 Å². The number of hydrogen-bond donors (Lipinski definition) is 2. The lowest BCUT2D eigenvalue weighted by molar-refractivity contribution is 0.0702. The summed E-state index contributed by atoms with van der Waals surface area (Å²) in [6, 6.07) is 3.03. The summed E-state index contributed by atoms with van der Waals surface area (Å²) in [4.78, 5) is 23.1. The highest BCUT2D eigenvalue weighted by Gasteiger charge is 2.18. The molecule has 0 radical (unpaired) electrons. The fourth-order valence-electron chi connectivity index (χ4n) is 1.67. The standard InChI is InChI=1S/C11H13NO3S2/c13-10(12-6-7-2-1-5-16-7)8-3-4-9(17-8)11(14)15/h3-4,7H,1-2,5-6H2,(H,12,13)(H,14,15)/t7-/m0/s1. The summed E-state index contributed by atoms with van der Waals surface area (Å²) in [5, 5.41) is 12.1. The second kappa shape index (κ2) is 5.55. The summed E-state index contributed by atoms with van der Waals surface area (Å²) >= 11 is 2.90. The van der Waals surface area contributed by atoms with E-state index in [2.05, 4.69) is 5.32 Å². The predicted molar refractivity (Wildman–Crippen MR) is 69.1 cm³/mol. The zero-order valence-electron chi connectivity index (χ0n) is 9.14. The maximum absolute atomic E-state index is 11.7. The van der Waals surface area contributed by atoms with Crippen molar-refractivity contribution in [2.24, 2.45) is 0 Å². The Bertz CT molecular complexity index is 424. The molecule has 1 saturated heterocycles. The summed E-state index contributed by atoms with van der Waals surface area (Å²) in [7, 11) is 0. The van der Waals surface area contributed by atoms with Gasteiger partial charge in [-0.1, -0.05) is 0 Å². The Hall–Kier alpha value is -1.01. The Morgan fingerprint density at radius 3 is 2.76 bits per heavy atom. The minimum Gasteiger partial charge on any atom is -0.477 e. The average Bonchev–Trinajstić information content (AvgIpc) is 2.96. The van der Waals surface area contributed by atoms with E-state index in [-0.39, 0.29) is 10.8 Å². The Morgan fingerprint density at radius 1 is 1.41 bits per heavy atom. The number of carboxylic acid groups (broad SMARTS) is 1. The van der Waals surface area contributed by atoms with E-state index in [0.29, 0.717) is 16.7 Å². The van der Waals surface area contributed by atoms with Crippen molar-refractivity contribution >= 4 is 35.0 Å². The van der Waals surface area contributed by atoms with Gasteiger partial charge in [0.1, 0.15) is 4.88 Å². The van der Waals surface area contributed by atoms with Gasteiger partial charge in [-0.25, -0.2) is 4.79 Å². The van der Waals surface area contributed by atoms with Crippen LogP contribution in [-0.2, 0) is 0 Å². The van der Waals surface area contributed by atoms with E-state index in [0.717, 1.165) is 17.8 Å². The smallest absolute Gasteiger partial charge is 0.345 e. The average molecular weight is 271 g/mol. The summed E-state index contributed by atoms with van der Waals surface area (Å²) in [6.07, 6.45) is 2.36. The molecule has 0 bridgehead atoms. The van der Waals surface area contributed by atoms with Gasteiger partial charge in [0.05, 0.1) is 4.88 Å². The largest absolute Gasteiger partial charge is 0.477 e. The molecule has 2 heterocycles. The van der Waals surface area contributed by atoms with Crippen LogP contribution >= 0.6 is 23.1 Å². The van der Waals surface area contributed by atoms with Gasteiger partial charge in [-0.05, 0) is 30.7 Å². The Kier molecular flexibility index (Phi) is 4.06. The Balaban J connectivity index is 1.87. The molecule has 1 aromatic heterocycles. The van der Waals surface area contributed by atoms with E-state index in [1.165, 1.54) is 18.2 Å². The molecule has 92 valence electrons. The third-order valence-corrected chi connectivity index (χ3v) is 5.03. The second-order valence-corrected chi connectivity index (χ2v) is 6.31. The topological polar surface area (TPSA) is 66.4 Å². The lowest BCUT2D eigenvalue weighted by Crippen LogP contribution is -2.29. The number of nitrogens with one attached hydrogen (secondary N) is 1. The first-order valence-electron chi connectivity index (χ1n) is 5.40. The van der Waals surface area contributed by atoms with Gasteiger partial charge in [0.25, 0.3) is 5.91 Å². The fraction of sp³-hybridized carbons (Fsp3) is 0.455. The van der Waals surface area contributed by atoms with E-state index in [9.17, 15) is 9.59 Å². The van der Waals surface area contributed by atoms with Crippen LogP contribution in [0.5, 0.6) is 0 Å². The maximum Gasteiger partial charge on any atom is 0.345 e.